The predicted octanol–water partition coefficient (Wildman–Crippen LogP) is 4.72. The van der Waals surface area contributed by atoms with Crippen LogP contribution in [0, 0.1) is 5.82 Å². The molecule has 24 heavy (non-hydrogen) atoms. The Morgan fingerprint density at radius 1 is 1.17 bits per heavy atom. The van der Waals surface area contributed by atoms with Crippen molar-refractivity contribution in [1.29, 1.82) is 0 Å². The van der Waals surface area contributed by atoms with Crippen molar-refractivity contribution in [2.24, 2.45) is 0 Å². The predicted molar refractivity (Wildman–Crippen MR) is 104 cm³/mol. The van der Waals surface area contributed by atoms with E-state index in [0.717, 1.165) is 5.56 Å². The number of nitrogens with one attached hydrogen (secondary N) is 2. The molecule has 0 aliphatic heterocycles. The summed E-state index contributed by atoms with van der Waals surface area (Å²) in [4.78, 5) is 2.06. The van der Waals surface area contributed by atoms with Crippen molar-refractivity contribution < 1.29 is 4.39 Å². The van der Waals surface area contributed by atoms with Crippen LogP contribution in [0.15, 0.2) is 42.5 Å². The van der Waals surface area contributed by atoms with Crippen LogP contribution >= 0.6 is 35.4 Å². The molecular weight excluding hydrogens is 368 g/mol. The lowest BCUT2D eigenvalue weighted by Gasteiger charge is -2.26. The van der Waals surface area contributed by atoms with Crippen LogP contribution in [0.3, 0.4) is 0 Å². The van der Waals surface area contributed by atoms with Gasteiger partial charge < -0.3 is 15.5 Å². The van der Waals surface area contributed by atoms with E-state index in [-0.39, 0.29) is 11.1 Å². The van der Waals surface area contributed by atoms with E-state index in [4.69, 9.17) is 35.4 Å². The average molecular weight is 386 g/mol. The van der Waals surface area contributed by atoms with E-state index in [1.54, 1.807) is 6.07 Å². The summed E-state index contributed by atoms with van der Waals surface area (Å²) in [6, 6.07) is 12.1. The first-order chi connectivity index (χ1) is 11.4. The molecule has 128 valence electrons. The minimum Gasteiger partial charge on any atom is -0.361 e. The van der Waals surface area contributed by atoms with Crippen molar-refractivity contribution in [3.05, 3.63) is 63.9 Å². The maximum Gasteiger partial charge on any atom is 0.170 e. The Bertz CT molecular complexity index is 725. The first-order valence-corrected chi connectivity index (χ1v) is 8.45. The molecule has 0 heterocycles. The lowest BCUT2D eigenvalue weighted by molar-refractivity contribution is 0.299. The van der Waals surface area contributed by atoms with E-state index in [9.17, 15) is 4.39 Å². The maximum absolute atomic E-state index is 13.2. The SMILES string of the molecule is CN(C)[C@@H](CNC(=S)Nc1ccc(F)c(Cl)c1)c1ccccc1Cl. The van der Waals surface area contributed by atoms with E-state index in [0.29, 0.717) is 22.4 Å². The molecule has 3 nitrogen and oxygen atoms in total. The van der Waals surface area contributed by atoms with E-state index >= 15 is 0 Å². The molecule has 0 unspecified atom stereocenters. The number of rotatable bonds is 5. The van der Waals surface area contributed by atoms with Crippen LogP contribution in [-0.4, -0.2) is 30.7 Å². The van der Waals surface area contributed by atoms with Crippen LogP contribution in [0.4, 0.5) is 10.1 Å². The molecule has 2 aromatic carbocycles. The largest absolute Gasteiger partial charge is 0.361 e. The van der Waals surface area contributed by atoms with Gasteiger partial charge in [0.1, 0.15) is 5.82 Å². The quantitative estimate of drug-likeness (QED) is 0.727. The van der Waals surface area contributed by atoms with Gasteiger partial charge in [-0.1, -0.05) is 41.4 Å². The molecule has 0 saturated carbocycles. The van der Waals surface area contributed by atoms with Crippen LogP contribution in [0.5, 0.6) is 0 Å². The second kappa shape index (κ2) is 8.62. The highest BCUT2D eigenvalue weighted by molar-refractivity contribution is 7.80. The fourth-order valence-corrected chi connectivity index (χ4v) is 2.90. The third-order valence-electron chi connectivity index (χ3n) is 3.52. The van der Waals surface area contributed by atoms with Gasteiger partial charge in [0.2, 0.25) is 0 Å². The summed E-state index contributed by atoms with van der Waals surface area (Å²) in [5.41, 5.74) is 1.64. The van der Waals surface area contributed by atoms with Gasteiger partial charge in [-0.3, -0.25) is 0 Å². The molecule has 0 amide bonds. The molecule has 2 N–H and O–H groups in total. The standard InChI is InChI=1S/C17H18Cl2FN3S/c1-23(2)16(12-5-3-4-6-13(12)18)10-21-17(24)22-11-7-8-15(20)14(19)9-11/h3-9,16H,10H2,1-2H3,(H2,21,22,24)/t16-/m0/s1. The third kappa shape index (κ3) is 5.05. The van der Waals surface area contributed by atoms with E-state index in [1.165, 1.54) is 12.1 Å². The van der Waals surface area contributed by atoms with E-state index in [2.05, 4.69) is 15.5 Å². The highest BCUT2D eigenvalue weighted by Gasteiger charge is 2.17. The fraction of sp³-hybridized carbons (Fsp3) is 0.235. The molecule has 0 aromatic heterocycles. The number of halogens is 3. The molecule has 7 heteroatoms. The molecule has 0 radical (unpaired) electrons. The molecule has 1 atom stereocenters. The Hall–Kier alpha value is -1.40. The Kier molecular flexibility index (Phi) is 6.80. The fourth-order valence-electron chi connectivity index (χ4n) is 2.25. The minimum absolute atomic E-state index is 0.0463. The number of hydrogen-bond donors (Lipinski definition) is 2. The van der Waals surface area contributed by atoms with Crippen LogP contribution in [0.2, 0.25) is 10.0 Å². The second-order valence-corrected chi connectivity index (χ2v) is 6.69. The molecule has 0 aliphatic carbocycles. The molecular formula is C17H18Cl2FN3S. The number of likely N-dealkylation sites (N-methyl/N-ethyl adjacent to an activating group) is 1. The third-order valence-corrected chi connectivity index (χ3v) is 4.40. The van der Waals surface area contributed by atoms with E-state index < -0.39 is 5.82 Å². The highest BCUT2D eigenvalue weighted by atomic mass is 35.5. The van der Waals surface area contributed by atoms with Crippen molar-refractivity contribution in [3.8, 4) is 0 Å². The number of thiocarbonyl (C=S) groups is 1. The summed E-state index contributed by atoms with van der Waals surface area (Å²) >= 11 is 17.3. The normalized spacial score (nSPS) is 12.1. The van der Waals surface area contributed by atoms with Gasteiger partial charge in [0.05, 0.1) is 11.1 Å². The Morgan fingerprint density at radius 2 is 1.88 bits per heavy atom. The number of hydrogen-bond acceptors (Lipinski definition) is 2. The molecule has 0 fully saturated rings. The van der Waals surface area contributed by atoms with Gasteiger partial charge >= 0.3 is 0 Å². The van der Waals surface area contributed by atoms with Crippen LogP contribution in [0.1, 0.15) is 11.6 Å². The monoisotopic (exact) mass is 385 g/mol. The molecule has 0 bridgehead atoms. The molecule has 2 aromatic rings. The van der Waals surface area contributed by atoms with Gasteiger partial charge in [0.25, 0.3) is 0 Å². The van der Waals surface area contributed by atoms with Gasteiger partial charge in [0, 0.05) is 17.3 Å². The lowest BCUT2D eigenvalue weighted by Crippen LogP contribution is -2.36. The van der Waals surface area contributed by atoms with E-state index in [1.807, 2.05) is 38.4 Å². The van der Waals surface area contributed by atoms with Crippen LogP contribution < -0.4 is 10.6 Å². The lowest BCUT2D eigenvalue weighted by atomic mass is 10.1. The van der Waals surface area contributed by atoms with Crippen LogP contribution in [-0.2, 0) is 0 Å². The van der Waals surface area contributed by atoms with Gasteiger partial charge in [0.15, 0.2) is 5.11 Å². The minimum atomic E-state index is -0.465. The molecule has 0 spiro atoms. The summed E-state index contributed by atoms with van der Waals surface area (Å²) in [6.45, 7) is 0.567. The first-order valence-electron chi connectivity index (χ1n) is 7.29. The number of anilines is 1. The first kappa shape index (κ1) is 18.9. The Balaban J connectivity index is 2.00. The molecule has 2 rings (SSSR count). The van der Waals surface area contributed by atoms with Crippen molar-refractivity contribution in [3.63, 3.8) is 0 Å². The zero-order chi connectivity index (χ0) is 17.7. The van der Waals surface area contributed by atoms with Crippen LogP contribution in [0.25, 0.3) is 0 Å². The Morgan fingerprint density at radius 3 is 2.50 bits per heavy atom. The van der Waals surface area contributed by atoms with Crippen molar-refractivity contribution in [2.75, 3.05) is 26.0 Å². The summed E-state index contributed by atoms with van der Waals surface area (Å²) in [6.07, 6.45) is 0. The highest BCUT2D eigenvalue weighted by Crippen LogP contribution is 2.25. The topological polar surface area (TPSA) is 27.3 Å². The van der Waals surface area contributed by atoms with Crippen molar-refractivity contribution in [2.45, 2.75) is 6.04 Å². The average Bonchev–Trinajstić information content (AvgIpc) is 2.52. The van der Waals surface area contributed by atoms with Gasteiger partial charge in [-0.25, -0.2) is 4.39 Å². The summed E-state index contributed by atoms with van der Waals surface area (Å²) in [7, 11) is 3.96. The second-order valence-electron chi connectivity index (χ2n) is 5.46. The zero-order valence-electron chi connectivity index (χ0n) is 13.3. The summed E-state index contributed by atoms with van der Waals surface area (Å²) in [5, 5.41) is 7.33. The van der Waals surface area contributed by atoms with Crippen molar-refractivity contribution in [1.82, 2.24) is 10.2 Å². The maximum atomic E-state index is 13.2. The molecule has 0 saturated heterocycles. The van der Waals surface area contributed by atoms with Gasteiger partial charge in [-0.05, 0) is 56.1 Å². The smallest absolute Gasteiger partial charge is 0.170 e. The zero-order valence-corrected chi connectivity index (χ0v) is 15.6. The van der Waals surface area contributed by atoms with Gasteiger partial charge in [-0.2, -0.15) is 0 Å². The number of benzene rings is 2. The summed E-state index contributed by atoms with van der Waals surface area (Å²) < 4.78 is 13.2. The van der Waals surface area contributed by atoms with Crippen molar-refractivity contribution >= 4 is 46.2 Å². The van der Waals surface area contributed by atoms with Gasteiger partial charge in [-0.15, -0.1) is 0 Å². The Labute approximate surface area is 156 Å². The molecule has 0 aliphatic rings. The number of nitrogens with zero attached hydrogens (tertiary/aromatic N) is 1. The summed E-state index contributed by atoms with van der Waals surface area (Å²) in [5.74, 6) is -0.465.